The van der Waals surface area contributed by atoms with Gasteiger partial charge in [0.1, 0.15) is 13.2 Å². The SMILES string of the molecule is CCN(CC)CCN(CCC(=O)OCCOCCOC(=O)CCN(CCN(CC)CC)CCN(CC)CC)CCN(CC)CC. The molecule has 0 saturated heterocycles. The van der Waals surface area contributed by atoms with E-state index in [2.05, 4.69) is 84.8 Å². The highest BCUT2D eigenvalue weighted by Gasteiger charge is 2.14. The van der Waals surface area contributed by atoms with Crippen LogP contribution in [0.2, 0.25) is 0 Å². The van der Waals surface area contributed by atoms with Crippen LogP contribution < -0.4 is 0 Å². The standard InChI is InChI=1S/C34H72N6O5/c1-9-35(10-2)21-25-39(26-22-36(11-3)12-4)19-17-33(41)44-31-29-43-30-32-45-34(42)18-20-40(27-23-37(13-5)14-6)28-24-38(15-7)16-8/h9-32H2,1-8H3. The number of nitrogens with zero attached hydrogens (tertiary/aromatic N) is 6. The summed E-state index contributed by atoms with van der Waals surface area (Å²) in [6, 6.07) is 0. The zero-order chi connectivity index (χ0) is 33.7. The molecule has 0 aromatic carbocycles. The Hall–Kier alpha value is -1.34. The van der Waals surface area contributed by atoms with E-state index in [9.17, 15) is 9.59 Å². The first-order valence-electron chi connectivity index (χ1n) is 18.0. The summed E-state index contributed by atoms with van der Waals surface area (Å²) in [5.74, 6) is -0.403. The number of hydrogen-bond acceptors (Lipinski definition) is 11. The van der Waals surface area contributed by atoms with Crippen LogP contribution in [-0.2, 0) is 23.8 Å². The summed E-state index contributed by atoms with van der Waals surface area (Å²) in [6.07, 6.45) is 0.740. The lowest BCUT2D eigenvalue weighted by molar-refractivity contribution is -0.147. The molecule has 0 unspecified atom stereocenters. The molecule has 0 aromatic heterocycles. The van der Waals surface area contributed by atoms with Crippen LogP contribution in [0.5, 0.6) is 0 Å². The first kappa shape index (κ1) is 43.7. The molecule has 0 radical (unpaired) electrons. The van der Waals surface area contributed by atoms with Crippen LogP contribution in [-0.4, -0.2) is 186 Å². The predicted molar refractivity (Wildman–Crippen MR) is 186 cm³/mol. The maximum Gasteiger partial charge on any atom is 0.307 e. The fourth-order valence-electron chi connectivity index (χ4n) is 5.14. The van der Waals surface area contributed by atoms with Crippen LogP contribution >= 0.6 is 0 Å². The highest BCUT2D eigenvalue weighted by molar-refractivity contribution is 5.69. The molecule has 0 aliphatic rings. The van der Waals surface area contributed by atoms with Crippen molar-refractivity contribution >= 4 is 11.9 Å². The minimum Gasteiger partial charge on any atom is -0.463 e. The van der Waals surface area contributed by atoms with Crippen molar-refractivity contribution in [1.29, 1.82) is 0 Å². The molecule has 11 nitrogen and oxygen atoms in total. The third-order valence-corrected chi connectivity index (χ3v) is 8.75. The Balaban J connectivity index is 4.31. The number of hydrogen-bond donors (Lipinski definition) is 0. The van der Waals surface area contributed by atoms with Gasteiger partial charge in [0.2, 0.25) is 0 Å². The summed E-state index contributed by atoms with van der Waals surface area (Å²) in [5, 5.41) is 0. The summed E-state index contributed by atoms with van der Waals surface area (Å²) in [5.41, 5.74) is 0. The molecule has 0 N–H and O–H groups in total. The van der Waals surface area contributed by atoms with Crippen molar-refractivity contribution in [2.75, 3.05) is 144 Å². The van der Waals surface area contributed by atoms with Gasteiger partial charge in [-0.05, 0) is 52.4 Å². The maximum absolute atomic E-state index is 12.4. The van der Waals surface area contributed by atoms with Crippen LogP contribution in [0.4, 0.5) is 0 Å². The Morgan fingerprint density at radius 2 is 0.600 bits per heavy atom. The summed E-state index contributed by atoms with van der Waals surface area (Å²) in [7, 11) is 0. The van der Waals surface area contributed by atoms with Gasteiger partial charge in [-0.1, -0.05) is 55.4 Å². The molecular weight excluding hydrogens is 572 g/mol. The van der Waals surface area contributed by atoms with E-state index in [-0.39, 0.29) is 25.2 Å². The smallest absolute Gasteiger partial charge is 0.307 e. The topological polar surface area (TPSA) is 81.3 Å². The van der Waals surface area contributed by atoms with E-state index in [1.807, 2.05) is 0 Å². The number of rotatable bonds is 32. The molecule has 0 saturated carbocycles. The number of ether oxygens (including phenoxy) is 3. The van der Waals surface area contributed by atoms with Gasteiger partial charge in [-0.15, -0.1) is 0 Å². The average Bonchev–Trinajstić information content (AvgIpc) is 3.06. The van der Waals surface area contributed by atoms with Gasteiger partial charge in [-0.3, -0.25) is 9.59 Å². The fourth-order valence-corrected chi connectivity index (χ4v) is 5.14. The molecule has 0 heterocycles. The Morgan fingerprint density at radius 3 is 0.844 bits per heavy atom. The van der Waals surface area contributed by atoms with Gasteiger partial charge >= 0.3 is 11.9 Å². The lowest BCUT2D eigenvalue weighted by Crippen LogP contribution is -2.40. The molecule has 45 heavy (non-hydrogen) atoms. The molecule has 0 fully saturated rings. The Morgan fingerprint density at radius 1 is 0.356 bits per heavy atom. The molecule has 268 valence electrons. The quantitative estimate of drug-likeness (QED) is 0.0802. The van der Waals surface area contributed by atoms with E-state index in [1.165, 1.54) is 0 Å². The van der Waals surface area contributed by atoms with Gasteiger partial charge < -0.3 is 43.6 Å². The van der Waals surface area contributed by atoms with E-state index in [0.717, 1.165) is 105 Å². The molecule has 0 bridgehead atoms. The molecule has 0 aromatic rings. The predicted octanol–water partition coefficient (Wildman–Crippen LogP) is 2.84. The molecule has 0 amide bonds. The van der Waals surface area contributed by atoms with Crippen molar-refractivity contribution in [3.8, 4) is 0 Å². The van der Waals surface area contributed by atoms with Crippen LogP contribution in [0, 0.1) is 0 Å². The molecule has 0 aliphatic carbocycles. The first-order chi connectivity index (χ1) is 21.8. The Labute approximate surface area is 277 Å². The van der Waals surface area contributed by atoms with Gasteiger partial charge in [0.25, 0.3) is 0 Å². The average molecular weight is 645 g/mol. The minimum atomic E-state index is -0.202. The summed E-state index contributed by atoms with van der Waals surface area (Å²) < 4.78 is 16.3. The highest BCUT2D eigenvalue weighted by atomic mass is 16.6. The van der Waals surface area contributed by atoms with Crippen LogP contribution in [0.25, 0.3) is 0 Å². The van der Waals surface area contributed by atoms with E-state index in [0.29, 0.717) is 39.1 Å². The molecule has 11 heteroatoms. The maximum atomic E-state index is 12.4. The van der Waals surface area contributed by atoms with Gasteiger partial charge in [0.15, 0.2) is 0 Å². The second-order valence-corrected chi connectivity index (χ2v) is 11.3. The van der Waals surface area contributed by atoms with E-state index >= 15 is 0 Å². The summed E-state index contributed by atoms with van der Waals surface area (Å²) in [6.45, 7) is 36.0. The van der Waals surface area contributed by atoms with Crippen molar-refractivity contribution in [2.45, 2.75) is 68.2 Å². The fraction of sp³-hybridized carbons (Fsp3) is 0.941. The molecule has 0 spiro atoms. The van der Waals surface area contributed by atoms with Crippen LogP contribution in [0.3, 0.4) is 0 Å². The lowest BCUT2D eigenvalue weighted by atomic mass is 10.3. The van der Waals surface area contributed by atoms with E-state index in [1.54, 1.807) is 0 Å². The third kappa shape index (κ3) is 23.6. The Bertz CT molecular complexity index is 600. The number of likely N-dealkylation sites (N-methyl/N-ethyl adjacent to an activating group) is 4. The van der Waals surface area contributed by atoms with E-state index < -0.39 is 0 Å². The van der Waals surface area contributed by atoms with Crippen LogP contribution in [0.1, 0.15) is 68.2 Å². The highest BCUT2D eigenvalue weighted by Crippen LogP contribution is 2.01. The van der Waals surface area contributed by atoms with Crippen LogP contribution in [0.15, 0.2) is 0 Å². The van der Waals surface area contributed by atoms with Crippen molar-refractivity contribution < 1.29 is 23.8 Å². The normalized spacial score (nSPS) is 12.0. The van der Waals surface area contributed by atoms with Crippen molar-refractivity contribution in [3.05, 3.63) is 0 Å². The summed E-state index contributed by atoms with van der Waals surface area (Å²) >= 11 is 0. The number of carbonyl (C=O) groups is 2. The first-order valence-corrected chi connectivity index (χ1v) is 18.0. The third-order valence-electron chi connectivity index (χ3n) is 8.75. The second-order valence-electron chi connectivity index (χ2n) is 11.3. The van der Waals surface area contributed by atoms with Gasteiger partial charge in [-0.25, -0.2) is 0 Å². The Kier molecular flexibility index (Phi) is 29.1. The van der Waals surface area contributed by atoms with Gasteiger partial charge in [-0.2, -0.15) is 0 Å². The summed E-state index contributed by atoms with van der Waals surface area (Å²) in [4.78, 5) is 39.2. The second kappa shape index (κ2) is 30.0. The lowest BCUT2D eigenvalue weighted by Gasteiger charge is -2.28. The zero-order valence-electron chi connectivity index (χ0n) is 30.7. The van der Waals surface area contributed by atoms with Gasteiger partial charge in [0, 0.05) is 65.4 Å². The number of esters is 2. The molecule has 0 rings (SSSR count). The molecule has 0 aliphatic heterocycles. The monoisotopic (exact) mass is 645 g/mol. The van der Waals surface area contributed by atoms with Gasteiger partial charge in [0.05, 0.1) is 26.1 Å². The minimum absolute atomic E-state index is 0.202. The van der Waals surface area contributed by atoms with Crippen molar-refractivity contribution in [1.82, 2.24) is 29.4 Å². The molecular formula is C34H72N6O5. The number of carbonyl (C=O) groups excluding carboxylic acids is 2. The van der Waals surface area contributed by atoms with Crippen molar-refractivity contribution in [2.24, 2.45) is 0 Å². The van der Waals surface area contributed by atoms with E-state index in [4.69, 9.17) is 14.2 Å². The zero-order valence-corrected chi connectivity index (χ0v) is 30.7. The van der Waals surface area contributed by atoms with Crippen molar-refractivity contribution in [3.63, 3.8) is 0 Å². The molecule has 0 atom stereocenters. The largest absolute Gasteiger partial charge is 0.463 e.